The smallest absolute Gasteiger partial charge is 0.297 e. The number of nitrogens with one attached hydrogen (secondary N) is 3. The van der Waals surface area contributed by atoms with Crippen molar-refractivity contribution in [2.45, 2.75) is 45.2 Å². The first-order valence-electron chi connectivity index (χ1n) is 13.5. The van der Waals surface area contributed by atoms with Crippen LogP contribution in [0.15, 0.2) is 65.7 Å². The third-order valence-electron chi connectivity index (χ3n) is 6.93. The minimum atomic E-state index is -0.248. The lowest BCUT2D eigenvalue weighted by atomic mass is 9.94. The van der Waals surface area contributed by atoms with Crippen LogP contribution in [0.25, 0.3) is 5.69 Å². The van der Waals surface area contributed by atoms with Gasteiger partial charge in [0, 0.05) is 24.0 Å². The van der Waals surface area contributed by atoms with Crippen LogP contribution in [0.1, 0.15) is 53.7 Å². The van der Waals surface area contributed by atoms with Gasteiger partial charge in [0.2, 0.25) is 0 Å². The lowest BCUT2D eigenvalue weighted by molar-refractivity contribution is 0.0951. The molecule has 0 radical (unpaired) electrons. The number of carbonyl (C=O) groups is 1. The molecule has 0 saturated heterocycles. The van der Waals surface area contributed by atoms with E-state index < -0.39 is 0 Å². The second-order valence-corrected chi connectivity index (χ2v) is 10.6. The zero-order chi connectivity index (χ0) is 27.1. The molecule has 202 valence electrons. The number of carbonyl (C=O) groups excluding carboxylic acids is 1. The van der Waals surface area contributed by atoms with Gasteiger partial charge in [-0.15, -0.1) is 0 Å². The first-order chi connectivity index (χ1) is 18.3. The first kappa shape index (κ1) is 27.5. The second-order valence-electron chi connectivity index (χ2n) is 10.6. The van der Waals surface area contributed by atoms with Crippen LogP contribution in [-0.2, 0) is 0 Å². The number of hydrogen-bond donors (Lipinski definition) is 3. The first-order valence-corrected chi connectivity index (χ1v) is 13.5. The number of hydrogen-bond acceptors (Lipinski definition) is 6. The van der Waals surface area contributed by atoms with Gasteiger partial charge < -0.3 is 20.9 Å². The molecule has 1 fully saturated rings. The molecule has 0 spiro atoms. The SMILES string of the molecule is Cc1ccc(C(=O)NC2CC2)cc1-n1ccnc(N[C@@H](c2ccccc2)[C@@H](C)CNCCCN(C)C)c1=O. The quantitative estimate of drug-likeness (QED) is 0.300. The highest BCUT2D eigenvalue weighted by Crippen LogP contribution is 2.25. The molecule has 0 unspecified atom stereocenters. The summed E-state index contributed by atoms with van der Waals surface area (Å²) >= 11 is 0. The highest BCUT2D eigenvalue weighted by atomic mass is 16.2. The number of aromatic nitrogens is 2. The Morgan fingerprint density at radius 2 is 1.92 bits per heavy atom. The van der Waals surface area contributed by atoms with E-state index >= 15 is 0 Å². The molecular weight excluding hydrogens is 476 g/mol. The van der Waals surface area contributed by atoms with Gasteiger partial charge in [0.15, 0.2) is 5.82 Å². The van der Waals surface area contributed by atoms with Gasteiger partial charge in [0.1, 0.15) is 0 Å². The molecule has 0 bridgehead atoms. The van der Waals surface area contributed by atoms with E-state index in [1.165, 1.54) is 0 Å². The molecular formula is C30H40N6O2. The number of aryl methyl sites for hydroxylation is 1. The molecule has 8 nitrogen and oxygen atoms in total. The Bertz CT molecular complexity index is 1270. The second kappa shape index (κ2) is 12.8. The Morgan fingerprint density at radius 3 is 2.63 bits per heavy atom. The number of benzene rings is 2. The van der Waals surface area contributed by atoms with Crippen LogP contribution < -0.4 is 21.5 Å². The molecule has 1 aliphatic rings. The maximum atomic E-state index is 13.7. The lowest BCUT2D eigenvalue weighted by Gasteiger charge is -2.26. The monoisotopic (exact) mass is 516 g/mol. The van der Waals surface area contributed by atoms with Crippen LogP contribution in [0.5, 0.6) is 0 Å². The van der Waals surface area contributed by atoms with Gasteiger partial charge in [-0.3, -0.25) is 14.2 Å². The predicted molar refractivity (Wildman–Crippen MR) is 153 cm³/mol. The van der Waals surface area contributed by atoms with E-state index in [2.05, 4.69) is 59.0 Å². The van der Waals surface area contributed by atoms with E-state index in [-0.39, 0.29) is 35.3 Å². The fraction of sp³-hybridized carbons (Fsp3) is 0.433. The molecule has 8 heteroatoms. The standard InChI is InChI=1S/C30H40N6O2/c1-21-11-12-24(29(37)33-25-13-14-25)19-26(21)36-18-16-32-28(30(36)38)34-27(23-9-6-5-7-10-23)22(2)20-31-15-8-17-35(3)4/h5-7,9-12,16,18-19,22,25,27,31H,8,13-15,17,20H2,1-4H3,(H,32,34)(H,33,37)/t22-,27+/m0/s1. The van der Waals surface area contributed by atoms with Gasteiger partial charge in [-0.05, 0) is 89.1 Å². The summed E-state index contributed by atoms with van der Waals surface area (Å²) in [6.07, 6.45) is 6.41. The van der Waals surface area contributed by atoms with Crippen LogP contribution >= 0.6 is 0 Å². The summed E-state index contributed by atoms with van der Waals surface area (Å²) in [5.41, 5.74) is 2.98. The van der Waals surface area contributed by atoms with Crippen molar-refractivity contribution in [1.82, 2.24) is 25.1 Å². The topological polar surface area (TPSA) is 91.3 Å². The minimum absolute atomic E-state index is 0.106. The number of rotatable bonds is 13. The van der Waals surface area contributed by atoms with Crippen molar-refractivity contribution < 1.29 is 4.79 Å². The van der Waals surface area contributed by atoms with Crippen LogP contribution in [0.4, 0.5) is 5.82 Å². The molecule has 3 N–H and O–H groups in total. The maximum Gasteiger partial charge on any atom is 0.297 e. The minimum Gasteiger partial charge on any atom is -0.358 e. The Hall–Kier alpha value is -3.49. The summed E-state index contributed by atoms with van der Waals surface area (Å²) in [6.45, 7) is 6.90. The summed E-state index contributed by atoms with van der Waals surface area (Å²) < 4.78 is 1.57. The average Bonchev–Trinajstić information content (AvgIpc) is 3.72. The van der Waals surface area contributed by atoms with Gasteiger partial charge in [-0.1, -0.05) is 43.3 Å². The van der Waals surface area contributed by atoms with Crippen LogP contribution in [0.3, 0.4) is 0 Å². The van der Waals surface area contributed by atoms with Crippen molar-refractivity contribution in [3.8, 4) is 5.69 Å². The molecule has 1 heterocycles. The van der Waals surface area contributed by atoms with E-state index in [4.69, 9.17) is 0 Å². The maximum absolute atomic E-state index is 13.7. The van der Waals surface area contributed by atoms with E-state index in [0.29, 0.717) is 11.3 Å². The van der Waals surface area contributed by atoms with Gasteiger partial charge >= 0.3 is 0 Å². The van der Waals surface area contributed by atoms with E-state index in [1.54, 1.807) is 29.1 Å². The molecule has 1 aromatic heterocycles. The largest absolute Gasteiger partial charge is 0.358 e. The molecule has 3 aromatic rings. The average molecular weight is 517 g/mol. The summed E-state index contributed by atoms with van der Waals surface area (Å²) in [4.78, 5) is 32.9. The van der Waals surface area contributed by atoms with Crippen LogP contribution in [0, 0.1) is 12.8 Å². The lowest BCUT2D eigenvalue weighted by Crippen LogP contribution is -2.33. The fourth-order valence-electron chi connectivity index (χ4n) is 4.54. The van der Waals surface area contributed by atoms with Gasteiger partial charge in [0.05, 0.1) is 11.7 Å². The van der Waals surface area contributed by atoms with Gasteiger partial charge in [0.25, 0.3) is 11.5 Å². The highest BCUT2D eigenvalue weighted by molar-refractivity contribution is 5.95. The van der Waals surface area contributed by atoms with Crippen molar-refractivity contribution in [3.63, 3.8) is 0 Å². The Balaban J connectivity index is 1.56. The molecule has 4 rings (SSSR count). The van der Waals surface area contributed by atoms with Crippen molar-refractivity contribution in [2.75, 3.05) is 39.0 Å². The van der Waals surface area contributed by atoms with Crippen molar-refractivity contribution >= 4 is 11.7 Å². The summed E-state index contributed by atoms with van der Waals surface area (Å²) in [5, 5.41) is 10.0. The van der Waals surface area contributed by atoms with Gasteiger partial charge in [-0.2, -0.15) is 0 Å². The van der Waals surface area contributed by atoms with E-state index in [1.807, 2.05) is 31.2 Å². The Morgan fingerprint density at radius 1 is 1.16 bits per heavy atom. The fourth-order valence-corrected chi connectivity index (χ4v) is 4.54. The van der Waals surface area contributed by atoms with Crippen molar-refractivity contribution in [1.29, 1.82) is 0 Å². The highest BCUT2D eigenvalue weighted by Gasteiger charge is 2.25. The number of amides is 1. The van der Waals surface area contributed by atoms with Crippen LogP contribution in [-0.4, -0.2) is 60.1 Å². The Kier molecular flexibility index (Phi) is 9.31. The zero-order valence-corrected chi connectivity index (χ0v) is 22.9. The molecule has 1 saturated carbocycles. The zero-order valence-electron chi connectivity index (χ0n) is 22.9. The predicted octanol–water partition coefficient (Wildman–Crippen LogP) is 3.76. The van der Waals surface area contributed by atoms with Gasteiger partial charge in [-0.25, -0.2) is 4.98 Å². The summed E-state index contributed by atoms with van der Waals surface area (Å²) in [6, 6.07) is 15.8. The van der Waals surface area contributed by atoms with Crippen molar-refractivity contribution in [3.05, 3.63) is 88.0 Å². The number of anilines is 1. The molecule has 38 heavy (non-hydrogen) atoms. The molecule has 2 aromatic carbocycles. The summed E-state index contributed by atoms with van der Waals surface area (Å²) in [5.74, 6) is 0.376. The third-order valence-corrected chi connectivity index (χ3v) is 6.93. The molecule has 1 amide bonds. The van der Waals surface area contributed by atoms with E-state index in [0.717, 1.165) is 50.0 Å². The number of nitrogens with zero attached hydrogens (tertiary/aromatic N) is 3. The Labute approximate surface area is 225 Å². The third kappa shape index (κ3) is 7.30. The van der Waals surface area contributed by atoms with E-state index in [9.17, 15) is 9.59 Å². The molecule has 1 aliphatic carbocycles. The van der Waals surface area contributed by atoms with Crippen LogP contribution in [0.2, 0.25) is 0 Å². The normalized spacial score (nSPS) is 14.8. The van der Waals surface area contributed by atoms with Crippen molar-refractivity contribution in [2.24, 2.45) is 5.92 Å². The summed E-state index contributed by atoms with van der Waals surface area (Å²) in [7, 11) is 4.16. The molecule has 2 atom stereocenters. The molecule has 0 aliphatic heterocycles.